The first-order valence-electron chi connectivity index (χ1n) is 7.89. The lowest BCUT2D eigenvalue weighted by atomic mass is 10.1. The van der Waals surface area contributed by atoms with E-state index >= 15 is 0 Å². The number of halogens is 1. The van der Waals surface area contributed by atoms with E-state index < -0.39 is 10.0 Å². The molecule has 136 valence electrons. The quantitative estimate of drug-likeness (QED) is 0.740. The SMILES string of the molecule is CN(C)c1ccc(C(CNS(=O)(=O)c2ccc(Br)cc2)N(C)C)cc1. The molecule has 7 heteroatoms. The highest BCUT2D eigenvalue weighted by molar-refractivity contribution is 9.10. The van der Waals surface area contributed by atoms with E-state index in [1.165, 1.54) is 0 Å². The van der Waals surface area contributed by atoms with E-state index in [0.29, 0.717) is 6.54 Å². The molecule has 0 aromatic heterocycles. The van der Waals surface area contributed by atoms with Gasteiger partial charge in [-0.2, -0.15) is 0 Å². The summed E-state index contributed by atoms with van der Waals surface area (Å²) in [7, 11) is 4.33. The van der Waals surface area contributed by atoms with Crippen molar-refractivity contribution in [2.45, 2.75) is 10.9 Å². The fourth-order valence-electron chi connectivity index (χ4n) is 2.48. The van der Waals surface area contributed by atoms with Gasteiger partial charge in [0.2, 0.25) is 10.0 Å². The minimum Gasteiger partial charge on any atom is -0.378 e. The van der Waals surface area contributed by atoms with E-state index in [9.17, 15) is 8.42 Å². The first-order valence-corrected chi connectivity index (χ1v) is 10.2. The maximum atomic E-state index is 12.5. The van der Waals surface area contributed by atoms with E-state index in [1.807, 2.05) is 62.3 Å². The van der Waals surface area contributed by atoms with Crippen molar-refractivity contribution in [2.24, 2.45) is 0 Å². The second-order valence-corrected chi connectivity index (χ2v) is 8.95. The molecule has 2 aromatic carbocycles. The summed E-state index contributed by atoms with van der Waals surface area (Å²) < 4.78 is 28.6. The molecule has 25 heavy (non-hydrogen) atoms. The first kappa shape index (κ1) is 19.9. The van der Waals surface area contributed by atoms with Crippen LogP contribution in [0.5, 0.6) is 0 Å². The lowest BCUT2D eigenvalue weighted by molar-refractivity contribution is 0.299. The number of hydrogen-bond donors (Lipinski definition) is 1. The number of nitrogens with one attached hydrogen (secondary N) is 1. The van der Waals surface area contributed by atoms with Crippen molar-refractivity contribution in [3.63, 3.8) is 0 Å². The lowest BCUT2D eigenvalue weighted by Crippen LogP contribution is -2.34. The fourth-order valence-corrected chi connectivity index (χ4v) is 3.78. The highest BCUT2D eigenvalue weighted by atomic mass is 79.9. The van der Waals surface area contributed by atoms with Gasteiger partial charge in [-0.1, -0.05) is 28.1 Å². The molecule has 0 saturated carbocycles. The topological polar surface area (TPSA) is 52.7 Å². The third kappa shape index (κ3) is 5.28. The van der Waals surface area contributed by atoms with Crippen LogP contribution < -0.4 is 9.62 Å². The zero-order valence-electron chi connectivity index (χ0n) is 14.9. The van der Waals surface area contributed by atoms with Gasteiger partial charge in [0, 0.05) is 36.8 Å². The largest absolute Gasteiger partial charge is 0.378 e. The molecule has 0 radical (unpaired) electrons. The minimum atomic E-state index is -3.54. The molecular formula is C18H24BrN3O2S. The number of likely N-dealkylation sites (N-methyl/N-ethyl adjacent to an activating group) is 1. The lowest BCUT2D eigenvalue weighted by Gasteiger charge is -2.25. The molecule has 0 heterocycles. The Bertz CT molecular complexity index is 788. The summed E-state index contributed by atoms with van der Waals surface area (Å²) in [6, 6.07) is 14.7. The van der Waals surface area contributed by atoms with Crippen molar-refractivity contribution >= 4 is 31.6 Å². The van der Waals surface area contributed by atoms with Gasteiger partial charge in [0.15, 0.2) is 0 Å². The van der Waals surface area contributed by atoms with Crippen LogP contribution >= 0.6 is 15.9 Å². The van der Waals surface area contributed by atoms with Crippen LogP contribution in [0, 0.1) is 0 Å². The van der Waals surface area contributed by atoms with Crippen molar-refractivity contribution in [2.75, 3.05) is 39.6 Å². The monoisotopic (exact) mass is 425 g/mol. The molecule has 0 fully saturated rings. The third-order valence-corrected chi connectivity index (χ3v) is 5.98. The smallest absolute Gasteiger partial charge is 0.240 e. The molecule has 0 aliphatic rings. The van der Waals surface area contributed by atoms with Gasteiger partial charge in [0.25, 0.3) is 0 Å². The summed E-state index contributed by atoms with van der Waals surface area (Å²) in [5.41, 5.74) is 2.17. The van der Waals surface area contributed by atoms with E-state index in [1.54, 1.807) is 24.3 Å². The van der Waals surface area contributed by atoms with E-state index in [2.05, 4.69) is 20.7 Å². The van der Waals surface area contributed by atoms with Gasteiger partial charge in [-0.15, -0.1) is 0 Å². The second kappa shape index (κ2) is 8.31. The van der Waals surface area contributed by atoms with Crippen LogP contribution in [-0.4, -0.2) is 48.1 Å². The predicted molar refractivity (Wildman–Crippen MR) is 107 cm³/mol. The Morgan fingerprint density at radius 3 is 2.00 bits per heavy atom. The Hall–Kier alpha value is -1.41. The van der Waals surface area contributed by atoms with Crippen LogP contribution in [0.1, 0.15) is 11.6 Å². The second-order valence-electron chi connectivity index (χ2n) is 6.27. The molecule has 2 rings (SSSR count). The molecule has 0 aliphatic heterocycles. The molecule has 0 spiro atoms. The minimum absolute atomic E-state index is 0.0542. The maximum Gasteiger partial charge on any atom is 0.240 e. The number of anilines is 1. The van der Waals surface area contributed by atoms with Crippen LogP contribution in [-0.2, 0) is 10.0 Å². The van der Waals surface area contributed by atoms with E-state index in [4.69, 9.17) is 0 Å². The van der Waals surface area contributed by atoms with Gasteiger partial charge in [0.1, 0.15) is 0 Å². The van der Waals surface area contributed by atoms with Crippen molar-refractivity contribution in [3.8, 4) is 0 Å². The van der Waals surface area contributed by atoms with Gasteiger partial charge >= 0.3 is 0 Å². The molecule has 5 nitrogen and oxygen atoms in total. The van der Waals surface area contributed by atoms with Gasteiger partial charge in [0.05, 0.1) is 4.90 Å². The molecule has 1 unspecified atom stereocenters. The normalized spacial score (nSPS) is 13.0. The van der Waals surface area contributed by atoms with Gasteiger partial charge in [-0.3, -0.25) is 0 Å². The van der Waals surface area contributed by atoms with Gasteiger partial charge < -0.3 is 9.80 Å². The van der Waals surface area contributed by atoms with Crippen LogP contribution in [0.15, 0.2) is 57.9 Å². The van der Waals surface area contributed by atoms with Crippen LogP contribution in [0.3, 0.4) is 0 Å². The van der Waals surface area contributed by atoms with E-state index in [0.717, 1.165) is 15.7 Å². The Morgan fingerprint density at radius 2 is 1.52 bits per heavy atom. The average Bonchev–Trinajstić information content (AvgIpc) is 2.55. The first-order chi connectivity index (χ1) is 11.7. The molecule has 2 aromatic rings. The molecule has 1 atom stereocenters. The number of rotatable bonds is 7. The van der Waals surface area contributed by atoms with Crippen molar-refractivity contribution in [1.82, 2.24) is 9.62 Å². The molecule has 0 aliphatic carbocycles. The molecule has 0 amide bonds. The summed E-state index contributed by atoms with van der Waals surface area (Å²) in [5, 5.41) is 0. The average molecular weight is 426 g/mol. The number of benzene rings is 2. The Kier molecular flexibility index (Phi) is 6.62. The fraction of sp³-hybridized carbons (Fsp3) is 0.333. The summed E-state index contributed by atoms with van der Waals surface area (Å²) >= 11 is 3.31. The van der Waals surface area contributed by atoms with Crippen LogP contribution in [0.4, 0.5) is 5.69 Å². The Labute approximate surface area is 158 Å². The van der Waals surface area contributed by atoms with Gasteiger partial charge in [-0.25, -0.2) is 13.1 Å². The Balaban J connectivity index is 2.15. The highest BCUT2D eigenvalue weighted by Gasteiger charge is 2.19. The van der Waals surface area contributed by atoms with Gasteiger partial charge in [-0.05, 0) is 56.1 Å². The molecule has 0 saturated heterocycles. The number of hydrogen-bond acceptors (Lipinski definition) is 4. The number of sulfonamides is 1. The Morgan fingerprint density at radius 1 is 0.960 bits per heavy atom. The standard InChI is InChI=1S/C18H24BrN3O2S/c1-21(2)16-9-5-14(6-10-16)18(22(3)4)13-20-25(23,24)17-11-7-15(19)8-12-17/h5-12,18,20H,13H2,1-4H3. The maximum absolute atomic E-state index is 12.5. The van der Waals surface area contributed by atoms with Crippen molar-refractivity contribution < 1.29 is 8.42 Å². The summed E-state index contributed by atoms with van der Waals surface area (Å²) in [4.78, 5) is 4.30. The van der Waals surface area contributed by atoms with Crippen molar-refractivity contribution in [1.29, 1.82) is 0 Å². The highest BCUT2D eigenvalue weighted by Crippen LogP contribution is 2.22. The molecule has 0 bridgehead atoms. The predicted octanol–water partition coefficient (Wildman–Crippen LogP) is 3.10. The van der Waals surface area contributed by atoms with Crippen LogP contribution in [0.25, 0.3) is 0 Å². The summed E-state index contributed by atoms with van der Waals surface area (Å²) in [6.07, 6.45) is 0. The zero-order valence-corrected chi connectivity index (χ0v) is 17.3. The van der Waals surface area contributed by atoms with Crippen LogP contribution in [0.2, 0.25) is 0 Å². The number of nitrogens with zero attached hydrogens (tertiary/aromatic N) is 2. The summed E-state index contributed by atoms with van der Waals surface area (Å²) in [5.74, 6) is 0. The molecular weight excluding hydrogens is 402 g/mol. The summed E-state index contributed by atoms with van der Waals surface area (Å²) in [6.45, 7) is 0.298. The van der Waals surface area contributed by atoms with Crippen molar-refractivity contribution in [3.05, 3.63) is 58.6 Å². The van der Waals surface area contributed by atoms with E-state index in [-0.39, 0.29) is 10.9 Å². The zero-order chi connectivity index (χ0) is 18.6. The molecule has 1 N–H and O–H groups in total. The third-order valence-electron chi connectivity index (χ3n) is 4.01.